The van der Waals surface area contributed by atoms with Crippen molar-refractivity contribution in [2.24, 2.45) is 0 Å². The molecule has 2 nitrogen and oxygen atoms in total. The van der Waals surface area contributed by atoms with E-state index < -0.39 is 0 Å². The maximum Gasteiger partial charge on any atom is 0.0331 e. The lowest BCUT2D eigenvalue weighted by molar-refractivity contribution is 0.211. The third-order valence-electron chi connectivity index (χ3n) is 4.36. The molecule has 2 rings (SSSR count). The van der Waals surface area contributed by atoms with Crippen molar-refractivity contribution in [1.82, 2.24) is 10.2 Å². The van der Waals surface area contributed by atoms with E-state index in [1.807, 2.05) is 11.3 Å². The van der Waals surface area contributed by atoms with Gasteiger partial charge in [-0.2, -0.15) is 0 Å². The standard InChI is InChI=1S/C17H30N2S/c1-15(2)19(14-17-10-7-13-20-17)12-11-18-16-8-5-3-4-6-9-16/h7,10,13,15-16,18H,3-6,8-9,11-12,14H2,1-2H3. The fourth-order valence-corrected chi connectivity index (χ4v) is 3.75. The fraction of sp³-hybridized carbons (Fsp3) is 0.765. The second-order valence-electron chi connectivity index (χ2n) is 6.29. The maximum atomic E-state index is 3.79. The van der Waals surface area contributed by atoms with Crippen molar-refractivity contribution < 1.29 is 0 Å². The van der Waals surface area contributed by atoms with Gasteiger partial charge in [0.15, 0.2) is 0 Å². The van der Waals surface area contributed by atoms with Crippen molar-refractivity contribution in [2.45, 2.75) is 71.0 Å². The van der Waals surface area contributed by atoms with Gasteiger partial charge in [-0.1, -0.05) is 31.7 Å². The number of thiophene rings is 1. The SMILES string of the molecule is CC(C)N(CCNC1CCCCCC1)Cc1cccs1. The van der Waals surface area contributed by atoms with Gasteiger partial charge in [0.05, 0.1) is 0 Å². The van der Waals surface area contributed by atoms with Gasteiger partial charge in [-0.3, -0.25) is 4.90 Å². The zero-order chi connectivity index (χ0) is 14.2. The highest BCUT2D eigenvalue weighted by molar-refractivity contribution is 7.09. The van der Waals surface area contributed by atoms with E-state index in [1.54, 1.807) is 0 Å². The lowest BCUT2D eigenvalue weighted by Gasteiger charge is -2.27. The molecular formula is C17H30N2S. The van der Waals surface area contributed by atoms with Crippen LogP contribution in [0.4, 0.5) is 0 Å². The Morgan fingerprint density at radius 1 is 1.25 bits per heavy atom. The van der Waals surface area contributed by atoms with E-state index in [1.165, 1.54) is 43.4 Å². The summed E-state index contributed by atoms with van der Waals surface area (Å²) in [6, 6.07) is 5.79. The molecule has 20 heavy (non-hydrogen) atoms. The molecule has 1 fully saturated rings. The van der Waals surface area contributed by atoms with Crippen LogP contribution in [0.25, 0.3) is 0 Å². The molecule has 0 aliphatic heterocycles. The summed E-state index contributed by atoms with van der Waals surface area (Å²) in [6.45, 7) is 8.00. The van der Waals surface area contributed by atoms with Gasteiger partial charge < -0.3 is 5.32 Å². The molecule has 114 valence electrons. The Bertz CT molecular complexity index is 340. The zero-order valence-electron chi connectivity index (χ0n) is 13.1. The predicted octanol–water partition coefficient (Wildman–Crippen LogP) is 4.27. The zero-order valence-corrected chi connectivity index (χ0v) is 13.9. The van der Waals surface area contributed by atoms with E-state index in [-0.39, 0.29) is 0 Å². The number of hydrogen-bond acceptors (Lipinski definition) is 3. The maximum absolute atomic E-state index is 3.79. The van der Waals surface area contributed by atoms with Crippen molar-refractivity contribution in [3.63, 3.8) is 0 Å². The van der Waals surface area contributed by atoms with E-state index in [0.29, 0.717) is 6.04 Å². The number of hydrogen-bond donors (Lipinski definition) is 1. The summed E-state index contributed by atoms with van der Waals surface area (Å²) >= 11 is 1.87. The van der Waals surface area contributed by atoms with Crippen LogP contribution in [0.5, 0.6) is 0 Å². The highest BCUT2D eigenvalue weighted by Gasteiger charge is 2.14. The summed E-state index contributed by atoms with van der Waals surface area (Å²) in [7, 11) is 0. The highest BCUT2D eigenvalue weighted by atomic mass is 32.1. The van der Waals surface area contributed by atoms with Crippen LogP contribution in [0.3, 0.4) is 0 Å². The van der Waals surface area contributed by atoms with Crippen molar-refractivity contribution in [3.05, 3.63) is 22.4 Å². The Hall–Kier alpha value is -0.380. The van der Waals surface area contributed by atoms with Gasteiger partial charge in [-0.15, -0.1) is 11.3 Å². The minimum Gasteiger partial charge on any atom is -0.313 e. The van der Waals surface area contributed by atoms with Gasteiger partial charge in [0.2, 0.25) is 0 Å². The average molecular weight is 295 g/mol. The van der Waals surface area contributed by atoms with Crippen molar-refractivity contribution >= 4 is 11.3 Å². The largest absolute Gasteiger partial charge is 0.313 e. The number of rotatable bonds is 7. The minimum atomic E-state index is 0.619. The number of nitrogens with zero attached hydrogens (tertiary/aromatic N) is 1. The van der Waals surface area contributed by atoms with Gasteiger partial charge >= 0.3 is 0 Å². The molecule has 0 radical (unpaired) electrons. The summed E-state index contributed by atoms with van der Waals surface area (Å²) in [5.74, 6) is 0. The molecule has 1 saturated carbocycles. The molecule has 3 heteroatoms. The lowest BCUT2D eigenvalue weighted by Crippen LogP contribution is -2.39. The second kappa shape index (κ2) is 8.81. The van der Waals surface area contributed by atoms with Crippen LogP contribution in [0.15, 0.2) is 17.5 Å². The third kappa shape index (κ3) is 5.55. The molecule has 1 aliphatic rings. The van der Waals surface area contributed by atoms with Gasteiger partial charge in [0.25, 0.3) is 0 Å². The molecule has 1 heterocycles. The Morgan fingerprint density at radius 2 is 2.00 bits per heavy atom. The molecule has 0 saturated heterocycles. The Morgan fingerprint density at radius 3 is 2.60 bits per heavy atom. The molecule has 0 aromatic carbocycles. The molecule has 1 N–H and O–H groups in total. The van der Waals surface area contributed by atoms with E-state index >= 15 is 0 Å². The van der Waals surface area contributed by atoms with Crippen LogP contribution >= 0.6 is 11.3 Å². The van der Waals surface area contributed by atoms with Crippen LogP contribution in [0, 0.1) is 0 Å². The van der Waals surface area contributed by atoms with E-state index in [9.17, 15) is 0 Å². The Balaban J connectivity index is 1.71. The predicted molar refractivity (Wildman–Crippen MR) is 89.4 cm³/mol. The van der Waals surface area contributed by atoms with Crippen molar-refractivity contribution in [3.8, 4) is 0 Å². The van der Waals surface area contributed by atoms with Crippen LogP contribution in [0.2, 0.25) is 0 Å². The first-order valence-corrected chi connectivity index (χ1v) is 9.13. The molecule has 0 spiro atoms. The summed E-state index contributed by atoms with van der Waals surface area (Å²) in [4.78, 5) is 4.06. The first-order valence-electron chi connectivity index (χ1n) is 8.25. The monoisotopic (exact) mass is 294 g/mol. The first kappa shape index (κ1) is 16.0. The lowest BCUT2D eigenvalue weighted by atomic mass is 10.1. The Kier molecular flexibility index (Phi) is 7.05. The van der Waals surface area contributed by atoms with Crippen molar-refractivity contribution in [1.29, 1.82) is 0 Å². The average Bonchev–Trinajstić information content (AvgIpc) is 2.80. The highest BCUT2D eigenvalue weighted by Crippen LogP contribution is 2.17. The molecule has 1 aromatic rings. The summed E-state index contributed by atoms with van der Waals surface area (Å²) in [6.07, 6.45) is 8.48. The molecule has 1 aromatic heterocycles. The molecular weight excluding hydrogens is 264 g/mol. The summed E-state index contributed by atoms with van der Waals surface area (Å²) in [5, 5.41) is 5.97. The molecule has 1 aliphatic carbocycles. The quantitative estimate of drug-likeness (QED) is 0.755. The third-order valence-corrected chi connectivity index (χ3v) is 5.22. The van der Waals surface area contributed by atoms with Gasteiger partial charge in [-0.25, -0.2) is 0 Å². The molecule has 0 amide bonds. The van der Waals surface area contributed by atoms with E-state index in [0.717, 1.165) is 25.7 Å². The number of nitrogens with one attached hydrogen (secondary N) is 1. The van der Waals surface area contributed by atoms with E-state index in [4.69, 9.17) is 0 Å². The van der Waals surface area contributed by atoms with Crippen molar-refractivity contribution in [2.75, 3.05) is 13.1 Å². The first-order chi connectivity index (χ1) is 9.75. The molecule has 0 unspecified atom stereocenters. The summed E-state index contributed by atoms with van der Waals surface area (Å²) in [5.41, 5.74) is 0. The van der Waals surface area contributed by atoms with Crippen LogP contribution in [-0.4, -0.2) is 30.1 Å². The van der Waals surface area contributed by atoms with Crippen LogP contribution in [0.1, 0.15) is 57.2 Å². The fourth-order valence-electron chi connectivity index (χ4n) is 3.02. The minimum absolute atomic E-state index is 0.619. The van der Waals surface area contributed by atoms with Gasteiger partial charge in [0, 0.05) is 36.6 Å². The normalized spacial score (nSPS) is 17.8. The molecule has 0 atom stereocenters. The molecule has 0 bridgehead atoms. The topological polar surface area (TPSA) is 15.3 Å². The second-order valence-corrected chi connectivity index (χ2v) is 7.32. The van der Waals surface area contributed by atoms with Crippen LogP contribution < -0.4 is 5.32 Å². The van der Waals surface area contributed by atoms with Crippen LogP contribution in [-0.2, 0) is 6.54 Å². The van der Waals surface area contributed by atoms with Gasteiger partial charge in [0.1, 0.15) is 0 Å². The van der Waals surface area contributed by atoms with E-state index in [2.05, 4.69) is 41.6 Å². The smallest absolute Gasteiger partial charge is 0.0331 e. The Labute approximate surface area is 128 Å². The van der Waals surface area contributed by atoms with Gasteiger partial charge in [-0.05, 0) is 38.1 Å². The summed E-state index contributed by atoms with van der Waals surface area (Å²) < 4.78 is 0.